The highest BCUT2D eigenvalue weighted by molar-refractivity contribution is 5.94. The summed E-state index contributed by atoms with van der Waals surface area (Å²) < 4.78 is 0. The number of hydrogen-bond acceptors (Lipinski definition) is 4. The van der Waals surface area contributed by atoms with Crippen molar-refractivity contribution < 1.29 is 9.90 Å². The van der Waals surface area contributed by atoms with Crippen LogP contribution in [-0.2, 0) is 5.41 Å². The number of amides is 1. The first-order valence-corrected chi connectivity index (χ1v) is 10.5. The molecule has 1 aliphatic heterocycles. The Morgan fingerprint density at radius 2 is 1.86 bits per heavy atom. The molecule has 5 nitrogen and oxygen atoms in total. The molecule has 1 saturated heterocycles. The molecule has 0 spiro atoms. The van der Waals surface area contributed by atoms with Crippen LogP contribution in [-0.4, -0.2) is 59.6 Å². The maximum atomic E-state index is 13.2. The van der Waals surface area contributed by atoms with Crippen LogP contribution in [0.25, 0.3) is 0 Å². The van der Waals surface area contributed by atoms with E-state index >= 15 is 0 Å². The summed E-state index contributed by atoms with van der Waals surface area (Å²) in [6.45, 7) is 6.03. The molecule has 0 bridgehead atoms. The van der Waals surface area contributed by atoms with Gasteiger partial charge in [-0.1, -0.05) is 31.4 Å². The van der Waals surface area contributed by atoms with Crippen molar-refractivity contribution in [2.75, 3.05) is 26.7 Å². The summed E-state index contributed by atoms with van der Waals surface area (Å²) in [7, 11) is 1.92. The maximum absolute atomic E-state index is 13.2. The van der Waals surface area contributed by atoms with Crippen LogP contribution < -0.4 is 0 Å². The van der Waals surface area contributed by atoms with Gasteiger partial charge in [-0.05, 0) is 50.3 Å². The van der Waals surface area contributed by atoms with Crippen molar-refractivity contribution >= 4 is 5.91 Å². The second-order valence-electron chi connectivity index (χ2n) is 9.07. The molecule has 5 heteroatoms. The lowest BCUT2D eigenvalue weighted by Gasteiger charge is -2.44. The lowest BCUT2D eigenvalue weighted by atomic mass is 9.82. The summed E-state index contributed by atoms with van der Waals surface area (Å²) in [6, 6.07) is 9.96. The molecule has 28 heavy (non-hydrogen) atoms. The molecule has 0 unspecified atom stereocenters. The Balaban J connectivity index is 1.74. The van der Waals surface area contributed by atoms with Crippen molar-refractivity contribution in [3.8, 4) is 6.07 Å². The molecule has 1 heterocycles. The molecule has 1 atom stereocenters. The zero-order valence-electron chi connectivity index (χ0n) is 17.4. The average molecular weight is 384 g/mol. The van der Waals surface area contributed by atoms with E-state index in [-0.39, 0.29) is 18.1 Å². The number of carbonyl (C=O) groups excluding carboxylic acids is 1. The van der Waals surface area contributed by atoms with E-state index < -0.39 is 5.41 Å². The van der Waals surface area contributed by atoms with E-state index in [0.717, 1.165) is 12.1 Å². The summed E-state index contributed by atoms with van der Waals surface area (Å²) in [5.74, 6) is 0.565. The molecule has 3 rings (SSSR count). The third kappa shape index (κ3) is 4.56. The first-order valence-electron chi connectivity index (χ1n) is 10.5. The Morgan fingerprint density at radius 1 is 1.25 bits per heavy atom. The SMILES string of the molecule is CN(C(=O)c1ccc(C(C)(C)C#N)cc1)[C@H](CN1CC(O)C1)C1CCCCC1. The van der Waals surface area contributed by atoms with E-state index in [1.165, 1.54) is 32.1 Å². The van der Waals surface area contributed by atoms with Crippen LogP contribution in [0.3, 0.4) is 0 Å². The Labute approximate surface area is 168 Å². The summed E-state index contributed by atoms with van der Waals surface area (Å²) in [6.07, 6.45) is 5.90. The Hall–Kier alpha value is -1.90. The van der Waals surface area contributed by atoms with Gasteiger partial charge in [-0.2, -0.15) is 5.26 Å². The van der Waals surface area contributed by atoms with Crippen LogP contribution in [0.15, 0.2) is 24.3 Å². The van der Waals surface area contributed by atoms with Crippen molar-refractivity contribution in [2.45, 2.75) is 63.5 Å². The number of carbonyl (C=O) groups is 1. The lowest BCUT2D eigenvalue weighted by molar-refractivity contribution is -0.0191. The first-order chi connectivity index (χ1) is 13.3. The molecule has 0 radical (unpaired) electrons. The zero-order valence-corrected chi connectivity index (χ0v) is 17.4. The number of β-amino-alcohol motifs (C(OH)–C–C–N with tert-alkyl or cyclic N) is 1. The van der Waals surface area contributed by atoms with Gasteiger partial charge in [-0.15, -0.1) is 0 Å². The number of nitriles is 1. The fourth-order valence-electron chi connectivity index (χ4n) is 4.51. The molecule has 2 fully saturated rings. The fraction of sp³-hybridized carbons (Fsp3) is 0.652. The highest BCUT2D eigenvalue weighted by Gasteiger charge is 2.35. The van der Waals surface area contributed by atoms with Gasteiger partial charge in [-0.25, -0.2) is 0 Å². The number of hydrogen-bond donors (Lipinski definition) is 1. The third-order valence-corrected chi connectivity index (χ3v) is 6.53. The van der Waals surface area contributed by atoms with Gasteiger partial charge in [0.15, 0.2) is 0 Å². The molecule has 152 valence electrons. The highest BCUT2D eigenvalue weighted by Crippen LogP contribution is 2.31. The minimum absolute atomic E-state index is 0.0398. The van der Waals surface area contributed by atoms with E-state index in [0.29, 0.717) is 24.6 Å². The van der Waals surface area contributed by atoms with E-state index in [1.54, 1.807) is 0 Å². The van der Waals surface area contributed by atoms with Crippen molar-refractivity contribution in [2.24, 2.45) is 5.92 Å². The quantitative estimate of drug-likeness (QED) is 0.819. The monoisotopic (exact) mass is 383 g/mol. The Bertz CT molecular complexity index is 710. The predicted octanol–water partition coefficient (Wildman–Crippen LogP) is 3.19. The molecule has 1 aromatic carbocycles. The van der Waals surface area contributed by atoms with Crippen molar-refractivity contribution in [3.63, 3.8) is 0 Å². The molecule has 1 N–H and O–H groups in total. The van der Waals surface area contributed by atoms with Crippen LogP contribution in [0.2, 0.25) is 0 Å². The third-order valence-electron chi connectivity index (χ3n) is 6.53. The predicted molar refractivity (Wildman–Crippen MR) is 110 cm³/mol. The molecular formula is C23H33N3O2. The van der Waals surface area contributed by atoms with E-state index in [4.69, 9.17) is 0 Å². The van der Waals surface area contributed by atoms with Crippen LogP contribution in [0, 0.1) is 17.2 Å². The van der Waals surface area contributed by atoms with Crippen molar-refractivity contribution in [1.29, 1.82) is 5.26 Å². The minimum atomic E-state index is -0.559. The summed E-state index contributed by atoms with van der Waals surface area (Å²) in [5, 5.41) is 18.9. The largest absolute Gasteiger partial charge is 0.390 e. The second-order valence-corrected chi connectivity index (χ2v) is 9.07. The molecule has 1 amide bonds. The molecule has 1 saturated carbocycles. The number of aliphatic hydroxyl groups is 1. The van der Waals surface area contributed by atoms with Gasteiger partial charge in [0, 0.05) is 38.3 Å². The standard InChI is InChI=1S/C23H33N3O2/c1-23(2,16-24)19-11-9-18(10-12-19)22(28)25(3)21(15-26-13-20(27)14-26)17-7-5-4-6-8-17/h9-12,17,20-21,27H,4-8,13-15H2,1-3H3/t21-/m1/s1. The number of rotatable bonds is 6. The topological polar surface area (TPSA) is 67.6 Å². The van der Waals surface area contributed by atoms with Crippen molar-refractivity contribution in [1.82, 2.24) is 9.80 Å². The number of likely N-dealkylation sites (N-methyl/N-ethyl adjacent to an activating group) is 1. The maximum Gasteiger partial charge on any atom is 0.253 e. The van der Waals surface area contributed by atoms with Gasteiger partial charge in [-0.3, -0.25) is 9.69 Å². The van der Waals surface area contributed by atoms with E-state index in [2.05, 4.69) is 11.0 Å². The fourth-order valence-corrected chi connectivity index (χ4v) is 4.51. The van der Waals surface area contributed by atoms with Crippen LogP contribution in [0.4, 0.5) is 0 Å². The normalized spacial score (nSPS) is 20.2. The smallest absolute Gasteiger partial charge is 0.253 e. The highest BCUT2D eigenvalue weighted by atomic mass is 16.3. The first kappa shape index (κ1) is 20.8. The molecule has 0 aromatic heterocycles. The molecule has 1 aromatic rings. The van der Waals surface area contributed by atoms with Gasteiger partial charge in [0.1, 0.15) is 0 Å². The van der Waals surface area contributed by atoms with Gasteiger partial charge in [0.05, 0.1) is 17.6 Å². The van der Waals surface area contributed by atoms with Gasteiger partial charge in [0.2, 0.25) is 0 Å². The van der Waals surface area contributed by atoms with Crippen molar-refractivity contribution in [3.05, 3.63) is 35.4 Å². The number of likely N-dealkylation sites (tertiary alicyclic amines) is 1. The van der Waals surface area contributed by atoms with Crippen LogP contribution in [0.5, 0.6) is 0 Å². The van der Waals surface area contributed by atoms with Gasteiger partial charge >= 0.3 is 0 Å². The minimum Gasteiger partial charge on any atom is -0.390 e. The second kappa shape index (κ2) is 8.63. The zero-order chi connectivity index (χ0) is 20.3. The lowest BCUT2D eigenvalue weighted by Crippen LogP contribution is -2.57. The molecule has 2 aliphatic rings. The number of aliphatic hydroxyl groups excluding tert-OH is 1. The van der Waals surface area contributed by atoms with Crippen LogP contribution >= 0.6 is 0 Å². The summed E-state index contributed by atoms with van der Waals surface area (Å²) >= 11 is 0. The van der Waals surface area contributed by atoms with Crippen LogP contribution in [0.1, 0.15) is 61.9 Å². The van der Waals surface area contributed by atoms with Gasteiger partial charge < -0.3 is 10.0 Å². The summed E-state index contributed by atoms with van der Waals surface area (Å²) in [5.41, 5.74) is 1.04. The number of nitrogens with zero attached hydrogens (tertiary/aromatic N) is 3. The van der Waals surface area contributed by atoms with E-state index in [1.807, 2.05) is 50.1 Å². The molecular weight excluding hydrogens is 350 g/mol. The Kier molecular flexibility index (Phi) is 6.42. The average Bonchev–Trinajstić information content (AvgIpc) is 2.70. The molecule has 1 aliphatic carbocycles. The summed E-state index contributed by atoms with van der Waals surface area (Å²) in [4.78, 5) is 17.4. The number of benzene rings is 1. The van der Waals surface area contributed by atoms with E-state index in [9.17, 15) is 15.2 Å². The Morgan fingerprint density at radius 3 is 2.39 bits per heavy atom. The van der Waals surface area contributed by atoms with Gasteiger partial charge in [0.25, 0.3) is 5.91 Å².